The molecule has 120 valence electrons. The van der Waals surface area contributed by atoms with Crippen molar-refractivity contribution in [2.45, 2.75) is 6.54 Å². The van der Waals surface area contributed by atoms with Gasteiger partial charge in [0.25, 0.3) is 11.6 Å². The molecule has 0 aliphatic carbocycles. The van der Waals surface area contributed by atoms with Crippen molar-refractivity contribution in [3.8, 4) is 0 Å². The Hall–Kier alpha value is -3.55. The fourth-order valence-corrected chi connectivity index (χ4v) is 2.20. The van der Waals surface area contributed by atoms with E-state index in [1.807, 2.05) is 30.3 Å². The molecule has 3 rings (SSSR count). The molecule has 1 heterocycles. The predicted molar refractivity (Wildman–Crippen MR) is 88.6 cm³/mol. The molecule has 24 heavy (non-hydrogen) atoms. The molecule has 0 bridgehead atoms. The van der Waals surface area contributed by atoms with Gasteiger partial charge in [-0.2, -0.15) is 10.2 Å². The smallest absolute Gasteiger partial charge is 0.270 e. The fraction of sp³-hybridized carbons (Fsp3) is 0.0625. The van der Waals surface area contributed by atoms with Crippen LogP contribution in [0.15, 0.2) is 59.8 Å². The van der Waals surface area contributed by atoms with Crippen molar-refractivity contribution in [2.24, 2.45) is 5.10 Å². The molecule has 0 radical (unpaired) electrons. The van der Waals surface area contributed by atoms with Crippen LogP contribution >= 0.6 is 0 Å². The zero-order valence-electron chi connectivity index (χ0n) is 12.5. The zero-order valence-corrected chi connectivity index (χ0v) is 12.5. The number of amides is 1. The summed E-state index contributed by atoms with van der Waals surface area (Å²) in [5, 5.41) is 19.3. The number of aromatic nitrogens is 2. The first kappa shape index (κ1) is 15.3. The summed E-state index contributed by atoms with van der Waals surface area (Å²) in [4.78, 5) is 22.2. The normalized spacial score (nSPS) is 11.0. The summed E-state index contributed by atoms with van der Waals surface area (Å²) in [6.45, 7) is -0.0343. The van der Waals surface area contributed by atoms with Gasteiger partial charge in [-0.1, -0.05) is 30.3 Å². The lowest BCUT2D eigenvalue weighted by atomic mass is 10.2. The third kappa shape index (κ3) is 3.43. The lowest BCUT2D eigenvalue weighted by molar-refractivity contribution is -0.384. The first-order valence-electron chi connectivity index (χ1n) is 7.10. The first-order valence-corrected chi connectivity index (χ1v) is 7.10. The van der Waals surface area contributed by atoms with Gasteiger partial charge in [0.2, 0.25) is 0 Å². The number of hydrazone groups is 1. The van der Waals surface area contributed by atoms with Gasteiger partial charge >= 0.3 is 0 Å². The topological polar surface area (TPSA) is 102 Å². The molecule has 0 unspecified atom stereocenters. The summed E-state index contributed by atoms with van der Waals surface area (Å²) in [6.07, 6.45) is 3.03. The SMILES string of the molecule is O=C(Cn1ncc2cc([N+](=O)[O-])ccc21)N/N=C/c1ccccc1. The van der Waals surface area contributed by atoms with Gasteiger partial charge in [-0.25, -0.2) is 5.43 Å². The van der Waals surface area contributed by atoms with Crippen molar-refractivity contribution in [3.63, 3.8) is 0 Å². The third-order valence-electron chi connectivity index (χ3n) is 3.33. The minimum absolute atomic E-state index is 0.0148. The molecule has 0 saturated heterocycles. The lowest BCUT2D eigenvalue weighted by Crippen LogP contribution is -2.23. The highest BCUT2D eigenvalue weighted by molar-refractivity contribution is 5.85. The number of nitro benzene ring substituents is 1. The number of nitrogens with zero attached hydrogens (tertiary/aromatic N) is 4. The van der Waals surface area contributed by atoms with Gasteiger partial charge in [0.15, 0.2) is 0 Å². The molecule has 0 fully saturated rings. The summed E-state index contributed by atoms with van der Waals surface area (Å²) in [5.74, 6) is -0.342. The molecular formula is C16H13N5O3. The van der Waals surface area contributed by atoms with Crippen LogP contribution in [0.1, 0.15) is 5.56 Å². The van der Waals surface area contributed by atoms with Gasteiger partial charge in [-0.3, -0.25) is 19.6 Å². The molecule has 0 saturated carbocycles. The molecule has 1 aromatic heterocycles. The molecule has 8 nitrogen and oxygen atoms in total. The highest BCUT2D eigenvalue weighted by Gasteiger charge is 2.11. The van der Waals surface area contributed by atoms with E-state index in [1.54, 1.807) is 12.3 Å². The Morgan fingerprint density at radius 2 is 2.08 bits per heavy atom. The number of rotatable bonds is 5. The van der Waals surface area contributed by atoms with Crippen LogP contribution in [0.25, 0.3) is 10.9 Å². The van der Waals surface area contributed by atoms with E-state index in [2.05, 4.69) is 15.6 Å². The number of hydrogen-bond acceptors (Lipinski definition) is 5. The number of fused-ring (bicyclic) bond motifs is 1. The second kappa shape index (κ2) is 6.69. The number of carbonyl (C=O) groups is 1. The Kier molecular flexibility index (Phi) is 4.28. The van der Waals surface area contributed by atoms with Gasteiger partial charge in [-0.15, -0.1) is 0 Å². The number of benzene rings is 2. The molecule has 1 N–H and O–H groups in total. The lowest BCUT2D eigenvalue weighted by Gasteiger charge is -2.02. The zero-order chi connectivity index (χ0) is 16.9. The monoisotopic (exact) mass is 323 g/mol. The van der Waals surface area contributed by atoms with E-state index in [9.17, 15) is 14.9 Å². The summed E-state index contributed by atoms with van der Waals surface area (Å²) >= 11 is 0. The van der Waals surface area contributed by atoms with Crippen LogP contribution in [0.4, 0.5) is 5.69 Å². The fourth-order valence-electron chi connectivity index (χ4n) is 2.20. The van der Waals surface area contributed by atoms with Crippen molar-refractivity contribution in [1.82, 2.24) is 15.2 Å². The second-order valence-electron chi connectivity index (χ2n) is 5.01. The summed E-state index contributed by atoms with van der Waals surface area (Å²) in [5.41, 5.74) is 3.92. The number of carbonyl (C=O) groups excluding carboxylic acids is 1. The van der Waals surface area contributed by atoms with E-state index in [0.29, 0.717) is 10.9 Å². The molecule has 0 atom stereocenters. The maximum atomic E-state index is 11.9. The standard InChI is InChI=1S/C16H13N5O3/c22-16(19-17-9-12-4-2-1-3-5-12)11-20-15-7-6-14(21(23)24)8-13(15)10-18-20/h1-10H,11H2,(H,19,22)/b17-9+. The summed E-state index contributed by atoms with van der Waals surface area (Å²) in [7, 11) is 0. The minimum Gasteiger partial charge on any atom is -0.271 e. The average molecular weight is 323 g/mol. The summed E-state index contributed by atoms with van der Waals surface area (Å²) in [6, 6.07) is 13.7. The van der Waals surface area contributed by atoms with E-state index in [4.69, 9.17) is 0 Å². The Morgan fingerprint density at radius 1 is 1.29 bits per heavy atom. The van der Waals surface area contributed by atoms with Crippen LogP contribution in [-0.4, -0.2) is 26.8 Å². The molecule has 0 aliphatic heterocycles. The van der Waals surface area contributed by atoms with Crippen molar-refractivity contribution in [1.29, 1.82) is 0 Å². The predicted octanol–water partition coefficient (Wildman–Crippen LogP) is 2.09. The Morgan fingerprint density at radius 3 is 2.83 bits per heavy atom. The first-order chi connectivity index (χ1) is 11.6. The number of hydrogen-bond donors (Lipinski definition) is 1. The highest BCUT2D eigenvalue weighted by Crippen LogP contribution is 2.20. The number of nitrogens with one attached hydrogen (secondary N) is 1. The van der Waals surface area contributed by atoms with Gasteiger partial charge < -0.3 is 0 Å². The van der Waals surface area contributed by atoms with Gasteiger partial charge in [0.1, 0.15) is 6.54 Å². The largest absolute Gasteiger partial charge is 0.271 e. The van der Waals surface area contributed by atoms with E-state index >= 15 is 0 Å². The molecular weight excluding hydrogens is 310 g/mol. The minimum atomic E-state index is -0.470. The van der Waals surface area contributed by atoms with Crippen molar-refractivity contribution in [2.75, 3.05) is 0 Å². The van der Waals surface area contributed by atoms with E-state index < -0.39 is 4.92 Å². The molecule has 0 spiro atoms. The Balaban J connectivity index is 1.67. The van der Waals surface area contributed by atoms with Crippen molar-refractivity contribution < 1.29 is 9.72 Å². The quantitative estimate of drug-likeness (QED) is 0.441. The molecule has 8 heteroatoms. The van der Waals surface area contributed by atoms with Gasteiger partial charge in [-0.05, 0) is 11.6 Å². The molecule has 0 aliphatic rings. The van der Waals surface area contributed by atoms with Crippen LogP contribution in [0.2, 0.25) is 0 Å². The molecule has 2 aromatic carbocycles. The van der Waals surface area contributed by atoms with Crippen LogP contribution < -0.4 is 5.43 Å². The van der Waals surface area contributed by atoms with E-state index in [1.165, 1.54) is 23.0 Å². The Labute approximate surface area is 136 Å². The average Bonchev–Trinajstić information content (AvgIpc) is 2.98. The maximum Gasteiger partial charge on any atom is 0.270 e. The maximum absolute atomic E-state index is 11.9. The number of non-ortho nitro benzene ring substituents is 1. The van der Waals surface area contributed by atoms with E-state index in [0.717, 1.165) is 5.56 Å². The molecule has 3 aromatic rings. The van der Waals surface area contributed by atoms with E-state index in [-0.39, 0.29) is 18.1 Å². The van der Waals surface area contributed by atoms with Gasteiger partial charge in [0, 0.05) is 17.5 Å². The van der Waals surface area contributed by atoms with Crippen molar-refractivity contribution in [3.05, 3.63) is 70.4 Å². The van der Waals surface area contributed by atoms with Crippen LogP contribution in [0.3, 0.4) is 0 Å². The number of nitro groups is 1. The Bertz CT molecular complexity index is 918. The highest BCUT2D eigenvalue weighted by atomic mass is 16.6. The van der Waals surface area contributed by atoms with Crippen LogP contribution in [-0.2, 0) is 11.3 Å². The van der Waals surface area contributed by atoms with Crippen LogP contribution in [0.5, 0.6) is 0 Å². The second-order valence-corrected chi connectivity index (χ2v) is 5.01. The van der Waals surface area contributed by atoms with Crippen LogP contribution in [0, 0.1) is 10.1 Å². The third-order valence-corrected chi connectivity index (χ3v) is 3.33. The molecule has 1 amide bonds. The van der Waals surface area contributed by atoms with Gasteiger partial charge in [0.05, 0.1) is 22.9 Å². The van der Waals surface area contributed by atoms with Crippen molar-refractivity contribution >= 4 is 28.7 Å². The summed E-state index contributed by atoms with van der Waals surface area (Å²) < 4.78 is 1.46.